The number of hydrogen-bond acceptors (Lipinski definition) is 10. The summed E-state index contributed by atoms with van der Waals surface area (Å²) in [5.74, 6) is -1.55. The van der Waals surface area contributed by atoms with E-state index in [-0.39, 0.29) is 19.4 Å². The largest absolute Gasteiger partial charge is 0.497 e. The summed E-state index contributed by atoms with van der Waals surface area (Å²) in [5, 5.41) is 6.33. The van der Waals surface area contributed by atoms with Crippen molar-refractivity contribution in [1.82, 2.24) is 25.2 Å². The second-order valence-corrected chi connectivity index (χ2v) is 22.3. The summed E-state index contributed by atoms with van der Waals surface area (Å²) in [5.41, 5.74) is -1.21. The molecule has 2 aromatic carbocycles. The Kier molecular flexibility index (Phi) is 15.3. The van der Waals surface area contributed by atoms with Crippen molar-refractivity contribution >= 4 is 44.7 Å². The van der Waals surface area contributed by atoms with Gasteiger partial charge in [0.2, 0.25) is 21.8 Å². The summed E-state index contributed by atoms with van der Waals surface area (Å²) >= 11 is 0. The standard InChI is InChI=1S/C51H69N5O9S/c1-10-12-13-14-15-16-17-21-26-50(27-28-50)66(61,62)55-46(59)51(32-35(51)11-2)54-44(57)41-30-37(33-56(41)45(58)43(48(3,4)5)53-47(60)65-49(6,7)8)64-42-31-39(34-22-19-18-20-23-34)52-40-29-36(63-9)24-25-38(40)42/h10-11,18-20,22-25,29,31,35,37,41,43H,1-2,12-17,21,26-28,30,32-33H2,3-9H3,(H,53,60)(H,54,57)(H,55,59)/t35?,37-,41+,43-,51-/m1/s1. The lowest BCUT2D eigenvalue weighted by Crippen LogP contribution is -2.60. The third-order valence-electron chi connectivity index (χ3n) is 12.9. The third-order valence-corrected chi connectivity index (χ3v) is 15.1. The Labute approximate surface area is 390 Å². The maximum Gasteiger partial charge on any atom is 0.408 e. The third kappa shape index (κ3) is 11.7. The second-order valence-electron chi connectivity index (χ2n) is 20.3. The first-order chi connectivity index (χ1) is 31.2. The number of methoxy groups -OCH3 is 1. The number of hydrogen-bond donors (Lipinski definition) is 3. The minimum atomic E-state index is -4.09. The molecular formula is C51H69N5O9S. The van der Waals surface area contributed by atoms with E-state index < -0.39 is 79.2 Å². The van der Waals surface area contributed by atoms with Crippen molar-refractivity contribution in [2.24, 2.45) is 11.3 Å². The van der Waals surface area contributed by atoms with Crippen molar-refractivity contribution in [2.75, 3.05) is 13.7 Å². The molecule has 15 heteroatoms. The SMILES string of the molecule is C=CCCCCCCCCC1(S(=O)(=O)NC(=O)[C@@]2(NC(=O)[C@@H]3C[C@@H](Oc4cc(-c5ccccc5)nc5cc(OC)ccc45)CN3C(=O)[C@@H](NC(=O)OC(C)(C)C)C(C)(C)C)CC2C=C)CC1. The fourth-order valence-corrected chi connectivity index (χ4v) is 10.5. The molecule has 2 heterocycles. The molecule has 1 saturated heterocycles. The lowest BCUT2D eigenvalue weighted by Gasteiger charge is -2.36. The number of aromatic nitrogens is 1. The molecule has 6 rings (SSSR count). The number of alkyl carbamates (subject to hydrolysis) is 1. The van der Waals surface area contributed by atoms with Crippen LogP contribution in [0, 0.1) is 11.3 Å². The highest BCUT2D eigenvalue weighted by molar-refractivity contribution is 7.91. The van der Waals surface area contributed by atoms with Crippen LogP contribution in [0.2, 0.25) is 0 Å². The Morgan fingerprint density at radius 2 is 1.62 bits per heavy atom. The van der Waals surface area contributed by atoms with Crippen molar-refractivity contribution in [1.29, 1.82) is 0 Å². The molecular weight excluding hydrogens is 859 g/mol. The highest BCUT2D eigenvalue weighted by Gasteiger charge is 2.63. The number of nitrogens with one attached hydrogen (secondary N) is 3. The minimum Gasteiger partial charge on any atom is -0.497 e. The predicted octanol–water partition coefficient (Wildman–Crippen LogP) is 8.54. The van der Waals surface area contributed by atoms with Crippen LogP contribution in [-0.2, 0) is 29.1 Å². The summed E-state index contributed by atoms with van der Waals surface area (Å²) in [6, 6.07) is 14.5. The van der Waals surface area contributed by atoms with Gasteiger partial charge in [0.05, 0.1) is 29.6 Å². The average Bonchev–Trinajstić information content (AvgIpc) is 4.17. The van der Waals surface area contributed by atoms with Crippen LogP contribution in [0.3, 0.4) is 0 Å². The number of ether oxygens (including phenoxy) is 3. The Morgan fingerprint density at radius 3 is 2.23 bits per heavy atom. The maximum absolute atomic E-state index is 14.9. The number of fused-ring (bicyclic) bond motifs is 1. The number of likely N-dealkylation sites (tertiary alicyclic amines) is 1. The van der Waals surface area contributed by atoms with Gasteiger partial charge in [-0.3, -0.25) is 19.1 Å². The molecule has 1 unspecified atom stereocenters. The van der Waals surface area contributed by atoms with Crippen LogP contribution < -0.4 is 24.8 Å². The topological polar surface area (TPSA) is 182 Å². The lowest BCUT2D eigenvalue weighted by molar-refractivity contribution is -0.143. The highest BCUT2D eigenvalue weighted by atomic mass is 32.2. The number of allylic oxidation sites excluding steroid dienone is 1. The first-order valence-electron chi connectivity index (χ1n) is 23.3. The Bertz CT molecular complexity index is 2390. The zero-order valence-corrected chi connectivity index (χ0v) is 40.6. The zero-order chi connectivity index (χ0) is 48.1. The fourth-order valence-electron chi connectivity index (χ4n) is 8.85. The number of benzene rings is 2. The van der Waals surface area contributed by atoms with Crippen LogP contribution in [-0.4, -0.2) is 89.8 Å². The number of carbonyl (C=O) groups excluding carboxylic acids is 4. The molecule has 0 spiro atoms. The number of nitrogens with zero attached hydrogens (tertiary/aromatic N) is 2. The first-order valence-corrected chi connectivity index (χ1v) is 24.8. The van der Waals surface area contributed by atoms with Crippen LogP contribution in [0.1, 0.15) is 119 Å². The molecule has 0 bridgehead atoms. The van der Waals surface area contributed by atoms with E-state index in [1.54, 1.807) is 60.8 Å². The molecule has 14 nitrogen and oxygen atoms in total. The van der Waals surface area contributed by atoms with Crippen molar-refractivity contribution in [3.05, 3.63) is 79.9 Å². The van der Waals surface area contributed by atoms with Gasteiger partial charge in [-0.1, -0.05) is 95.4 Å². The van der Waals surface area contributed by atoms with Crippen molar-refractivity contribution in [3.8, 4) is 22.8 Å². The monoisotopic (exact) mass is 927 g/mol. The number of amides is 4. The molecule has 358 valence electrons. The number of pyridine rings is 1. The average molecular weight is 928 g/mol. The molecule has 3 aliphatic rings. The summed E-state index contributed by atoms with van der Waals surface area (Å²) in [6.07, 6.45) is 10.3. The van der Waals surface area contributed by atoms with Crippen LogP contribution in [0.25, 0.3) is 22.2 Å². The van der Waals surface area contributed by atoms with Gasteiger partial charge in [-0.2, -0.15) is 0 Å². The van der Waals surface area contributed by atoms with Crippen LogP contribution >= 0.6 is 0 Å². The van der Waals surface area contributed by atoms with E-state index in [2.05, 4.69) is 28.5 Å². The van der Waals surface area contributed by atoms with Gasteiger partial charge in [0, 0.05) is 35.4 Å². The molecule has 0 radical (unpaired) electrons. The number of unbranched alkanes of at least 4 members (excludes halogenated alkanes) is 6. The number of sulfonamides is 1. The molecule has 4 amide bonds. The second kappa shape index (κ2) is 20.2. The lowest BCUT2D eigenvalue weighted by atomic mass is 9.85. The van der Waals surface area contributed by atoms with E-state index in [0.29, 0.717) is 47.4 Å². The van der Waals surface area contributed by atoms with Gasteiger partial charge in [0.15, 0.2) is 0 Å². The van der Waals surface area contributed by atoms with Gasteiger partial charge >= 0.3 is 6.09 Å². The maximum atomic E-state index is 14.9. The fraction of sp³-hybridized carbons (Fsp3) is 0.549. The summed E-state index contributed by atoms with van der Waals surface area (Å²) in [7, 11) is -2.52. The van der Waals surface area contributed by atoms with E-state index >= 15 is 0 Å². The molecule has 66 heavy (non-hydrogen) atoms. The summed E-state index contributed by atoms with van der Waals surface area (Å²) in [4.78, 5) is 63.4. The molecule has 5 atom stereocenters. The van der Waals surface area contributed by atoms with Crippen LogP contribution in [0.4, 0.5) is 4.79 Å². The van der Waals surface area contributed by atoms with E-state index in [0.717, 1.165) is 50.5 Å². The first kappa shape index (κ1) is 50.0. The van der Waals surface area contributed by atoms with E-state index in [1.165, 1.54) is 11.0 Å². The van der Waals surface area contributed by atoms with Crippen molar-refractivity contribution in [2.45, 2.75) is 153 Å². The Balaban J connectivity index is 1.26. The minimum absolute atomic E-state index is 0.00758. The molecule has 2 aliphatic carbocycles. The Hall–Kier alpha value is -5.44. The van der Waals surface area contributed by atoms with Gasteiger partial charge in [0.25, 0.3) is 5.91 Å². The van der Waals surface area contributed by atoms with Crippen LogP contribution in [0.15, 0.2) is 79.9 Å². The van der Waals surface area contributed by atoms with E-state index in [4.69, 9.17) is 19.2 Å². The van der Waals surface area contributed by atoms with E-state index in [1.807, 2.05) is 48.5 Å². The van der Waals surface area contributed by atoms with Crippen molar-refractivity contribution in [3.63, 3.8) is 0 Å². The zero-order valence-electron chi connectivity index (χ0n) is 39.7. The quantitative estimate of drug-likeness (QED) is 0.0692. The Morgan fingerprint density at radius 1 is 0.939 bits per heavy atom. The van der Waals surface area contributed by atoms with Crippen LogP contribution in [0.5, 0.6) is 11.5 Å². The molecule has 2 saturated carbocycles. The molecule has 3 fully saturated rings. The predicted molar refractivity (Wildman–Crippen MR) is 256 cm³/mol. The molecule has 3 aromatic rings. The van der Waals surface area contributed by atoms with E-state index in [9.17, 15) is 27.6 Å². The highest BCUT2D eigenvalue weighted by Crippen LogP contribution is 2.49. The van der Waals surface area contributed by atoms with Gasteiger partial charge in [-0.25, -0.2) is 18.2 Å². The van der Waals surface area contributed by atoms with Gasteiger partial charge in [0.1, 0.15) is 40.8 Å². The molecule has 1 aromatic heterocycles. The normalized spacial score (nSPS) is 21.6. The van der Waals surface area contributed by atoms with Gasteiger partial charge in [-0.05, 0) is 76.8 Å². The smallest absolute Gasteiger partial charge is 0.408 e. The number of rotatable bonds is 21. The summed E-state index contributed by atoms with van der Waals surface area (Å²) < 4.78 is 47.0. The molecule has 3 N–H and O–H groups in total. The van der Waals surface area contributed by atoms with Gasteiger partial charge < -0.3 is 29.7 Å². The van der Waals surface area contributed by atoms with Gasteiger partial charge in [-0.15, -0.1) is 13.2 Å². The van der Waals surface area contributed by atoms with Crippen molar-refractivity contribution < 1.29 is 41.8 Å². The number of carbonyl (C=O) groups is 4. The summed E-state index contributed by atoms with van der Waals surface area (Å²) in [6.45, 7) is 18.1. The molecule has 1 aliphatic heterocycles.